The van der Waals surface area contributed by atoms with E-state index in [0.29, 0.717) is 6.54 Å². The third kappa shape index (κ3) is 5.96. The molecule has 0 bridgehead atoms. The average molecular weight is 284 g/mol. The molecule has 1 aromatic carbocycles. The molecule has 1 rings (SSSR count). The van der Waals surface area contributed by atoms with Crippen LogP contribution in [0.3, 0.4) is 0 Å². The normalized spacial score (nSPS) is 10.8. The lowest BCUT2D eigenvalue weighted by atomic mass is 10.2. The van der Waals surface area contributed by atoms with Gasteiger partial charge in [0.1, 0.15) is 0 Å². The first-order chi connectivity index (χ1) is 7.52. The summed E-state index contributed by atoms with van der Waals surface area (Å²) >= 11 is 4.75. The zero-order valence-electron chi connectivity index (χ0n) is 8.96. The number of rotatable bonds is 6. The smallest absolute Gasteiger partial charge is 0.312 e. The van der Waals surface area contributed by atoms with E-state index in [9.17, 15) is 13.6 Å². The molecule has 96 valence electrons. The van der Waals surface area contributed by atoms with Gasteiger partial charge in [-0.2, -0.15) is 8.78 Å². The van der Waals surface area contributed by atoms with Gasteiger partial charge >= 0.3 is 5.92 Å². The van der Waals surface area contributed by atoms with E-state index in [4.69, 9.17) is 11.6 Å². The predicted molar refractivity (Wildman–Crippen MR) is 65.8 cm³/mol. The van der Waals surface area contributed by atoms with Gasteiger partial charge in [0, 0.05) is 19.5 Å². The monoisotopic (exact) mass is 283 g/mol. The number of alkyl halides is 2. The van der Waals surface area contributed by atoms with Gasteiger partial charge in [-0.05, 0) is 17.2 Å². The van der Waals surface area contributed by atoms with Crippen LogP contribution in [-0.4, -0.2) is 17.7 Å². The minimum atomic E-state index is -3.44. The molecule has 1 aromatic rings. The van der Waals surface area contributed by atoms with E-state index in [1.807, 2.05) is 30.3 Å². The fourth-order valence-corrected chi connectivity index (χ4v) is 1.27. The zero-order chi connectivity index (χ0) is 12.0. The molecule has 0 amide bonds. The molecule has 0 spiro atoms. The fraction of sp³-hybridized carbons (Fsp3) is 0.364. The first-order valence-corrected chi connectivity index (χ1v) is 5.22. The minimum Gasteiger partial charge on any atom is -0.312 e. The van der Waals surface area contributed by atoms with Crippen molar-refractivity contribution in [2.24, 2.45) is 0 Å². The molecule has 0 fully saturated rings. The molecule has 0 aliphatic carbocycles. The van der Waals surface area contributed by atoms with Crippen LogP contribution in [0.2, 0.25) is 0 Å². The summed E-state index contributed by atoms with van der Waals surface area (Å²) in [4.78, 5) is 10.3. The Morgan fingerprint density at radius 2 is 1.88 bits per heavy atom. The standard InChI is InChI=1S/C11H12ClF2NO.ClH/c12-10(16)11(13,14)6-7-15-8-9-4-2-1-3-5-9;/h1-5,15H,6-8H2;1H. The summed E-state index contributed by atoms with van der Waals surface area (Å²) in [5.74, 6) is -3.44. The molecule has 1 N–H and O–H groups in total. The van der Waals surface area contributed by atoms with Crippen molar-refractivity contribution in [2.45, 2.75) is 18.9 Å². The second kappa shape index (κ2) is 7.58. The van der Waals surface area contributed by atoms with Gasteiger partial charge in [0.05, 0.1) is 0 Å². The van der Waals surface area contributed by atoms with Gasteiger partial charge in [0.25, 0.3) is 5.24 Å². The van der Waals surface area contributed by atoms with Crippen LogP contribution in [0.15, 0.2) is 30.3 Å². The third-order valence-electron chi connectivity index (χ3n) is 2.08. The zero-order valence-corrected chi connectivity index (χ0v) is 10.5. The van der Waals surface area contributed by atoms with Gasteiger partial charge in [-0.15, -0.1) is 12.4 Å². The van der Waals surface area contributed by atoms with Gasteiger partial charge in [0.15, 0.2) is 0 Å². The Hall–Kier alpha value is -0.710. The molecule has 6 heteroatoms. The molecular formula is C11H13Cl2F2NO. The predicted octanol–water partition coefficient (Wildman–Crippen LogP) is 2.99. The molecule has 0 aromatic heterocycles. The highest BCUT2D eigenvalue weighted by molar-refractivity contribution is 6.65. The Morgan fingerprint density at radius 1 is 1.29 bits per heavy atom. The summed E-state index contributed by atoms with van der Waals surface area (Å²) in [6.45, 7) is 0.535. The van der Waals surface area contributed by atoms with E-state index in [0.717, 1.165) is 5.56 Å². The highest BCUT2D eigenvalue weighted by Gasteiger charge is 2.36. The van der Waals surface area contributed by atoms with Crippen LogP contribution >= 0.6 is 24.0 Å². The van der Waals surface area contributed by atoms with Crippen molar-refractivity contribution in [2.75, 3.05) is 6.54 Å². The van der Waals surface area contributed by atoms with E-state index in [1.54, 1.807) is 0 Å². The van der Waals surface area contributed by atoms with Crippen LogP contribution in [0.1, 0.15) is 12.0 Å². The van der Waals surface area contributed by atoms with Crippen molar-refractivity contribution in [1.29, 1.82) is 0 Å². The molecule has 17 heavy (non-hydrogen) atoms. The second-order valence-electron chi connectivity index (χ2n) is 3.39. The first-order valence-electron chi connectivity index (χ1n) is 4.85. The lowest BCUT2D eigenvalue weighted by Gasteiger charge is -2.11. The fourth-order valence-electron chi connectivity index (χ4n) is 1.17. The summed E-state index contributed by atoms with van der Waals surface area (Å²) in [7, 11) is 0. The molecule has 0 radical (unpaired) electrons. The number of hydrogen-bond donors (Lipinski definition) is 1. The number of halogens is 4. The van der Waals surface area contributed by atoms with E-state index in [1.165, 1.54) is 0 Å². The van der Waals surface area contributed by atoms with Gasteiger partial charge in [-0.3, -0.25) is 4.79 Å². The lowest BCUT2D eigenvalue weighted by Crippen LogP contribution is -2.29. The molecule has 0 aliphatic heterocycles. The third-order valence-corrected chi connectivity index (χ3v) is 2.35. The molecule has 0 atom stereocenters. The minimum absolute atomic E-state index is 0. The highest BCUT2D eigenvalue weighted by atomic mass is 35.5. The Morgan fingerprint density at radius 3 is 2.41 bits per heavy atom. The number of hydrogen-bond acceptors (Lipinski definition) is 2. The second-order valence-corrected chi connectivity index (χ2v) is 3.73. The van der Waals surface area contributed by atoms with Crippen LogP contribution in [0.4, 0.5) is 8.78 Å². The van der Waals surface area contributed by atoms with Crippen molar-refractivity contribution >= 4 is 29.3 Å². The van der Waals surface area contributed by atoms with Crippen molar-refractivity contribution in [3.63, 3.8) is 0 Å². The van der Waals surface area contributed by atoms with Gasteiger partial charge in [0.2, 0.25) is 0 Å². The number of carbonyl (C=O) groups excluding carboxylic acids is 1. The maximum absolute atomic E-state index is 12.8. The highest BCUT2D eigenvalue weighted by Crippen LogP contribution is 2.20. The van der Waals surface area contributed by atoms with Crippen LogP contribution in [0.5, 0.6) is 0 Å². The molecule has 0 unspecified atom stereocenters. The Labute approximate surface area is 110 Å². The quantitative estimate of drug-likeness (QED) is 0.642. The van der Waals surface area contributed by atoms with Crippen LogP contribution in [-0.2, 0) is 11.3 Å². The average Bonchev–Trinajstić information content (AvgIpc) is 2.26. The molecule has 0 heterocycles. The maximum atomic E-state index is 12.8. The molecule has 0 saturated carbocycles. The first kappa shape index (κ1) is 16.3. The van der Waals surface area contributed by atoms with Crippen molar-refractivity contribution in [3.8, 4) is 0 Å². The largest absolute Gasteiger partial charge is 0.321 e. The number of carbonyl (C=O) groups is 1. The molecule has 0 saturated heterocycles. The molecule has 0 aliphatic rings. The Bertz CT molecular complexity index is 347. The van der Waals surface area contributed by atoms with E-state index < -0.39 is 17.6 Å². The lowest BCUT2D eigenvalue weighted by molar-refractivity contribution is -0.134. The SMILES string of the molecule is Cl.O=C(Cl)C(F)(F)CCNCc1ccccc1. The molecule has 2 nitrogen and oxygen atoms in total. The summed E-state index contributed by atoms with van der Waals surface area (Å²) < 4.78 is 25.5. The van der Waals surface area contributed by atoms with Gasteiger partial charge < -0.3 is 5.32 Å². The number of nitrogens with one attached hydrogen (secondary N) is 1. The van der Waals surface area contributed by atoms with Crippen molar-refractivity contribution < 1.29 is 13.6 Å². The van der Waals surface area contributed by atoms with Crippen molar-refractivity contribution in [3.05, 3.63) is 35.9 Å². The Kier molecular flexibility index (Phi) is 7.27. The van der Waals surface area contributed by atoms with Gasteiger partial charge in [-0.1, -0.05) is 30.3 Å². The summed E-state index contributed by atoms with van der Waals surface area (Å²) in [6, 6.07) is 9.39. The molecular weight excluding hydrogens is 271 g/mol. The van der Waals surface area contributed by atoms with Crippen LogP contribution in [0, 0.1) is 0 Å². The van der Waals surface area contributed by atoms with E-state index in [2.05, 4.69) is 5.32 Å². The Balaban J connectivity index is 0.00000256. The van der Waals surface area contributed by atoms with Crippen molar-refractivity contribution in [1.82, 2.24) is 5.32 Å². The topological polar surface area (TPSA) is 29.1 Å². The summed E-state index contributed by atoms with van der Waals surface area (Å²) in [6.07, 6.45) is -0.581. The van der Waals surface area contributed by atoms with Crippen LogP contribution in [0.25, 0.3) is 0 Å². The summed E-state index contributed by atoms with van der Waals surface area (Å²) in [5.41, 5.74) is 1.00. The van der Waals surface area contributed by atoms with Gasteiger partial charge in [-0.25, -0.2) is 0 Å². The van der Waals surface area contributed by atoms with E-state index in [-0.39, 0.29) is 19.0 Å². The maximum Gasteiger partial charge on any atom is 0.321 e. The summed E-state index contributed by atoms with van der Waals surface area (Å²) in [5, 5.41) is 1.22. The number of benzene rings is 1. The van der Waals surface area contributed by atoms with E-state index >= 15 is 0 Å². The van der Waals surface area contributed by atoms with Crippen LogP contribution < -0.4 is 5.32 Å².